The van der Waals surface area contributed by atoms with E-state index in [0.717, 1.165) is 22.3 Å². The Morgan fingerprint density at radius 3 is 1.69 bits per heavy atom. The highest BCUT2D eigenvalue weighted by atomic mass is 32.2. The van der Waals surface area contributed by atoms with Crippen molar-refractivity contribution in [1.82, 2.24) is 0 Å². The van der Waals surface area contributed by atoms with E-state index in [0.29, 0.717) is 5.57 Å². The number of aryl methyl sites for hydroxylation is 3. The van der Waals surface area contributed by atoms with Crippen molar-refractivity contribution in [3.8, 4) is 23.7 Å². The van der Waals surface area contributed by atoms with Gasteiger partial charge in [0, 0.05) is 10.8 Å². The minimum atomic E-state index is -3.88. The lowest BCUT2D eigenvalue weighted by Gasteiger charge is -2.16. The molecule has 0 aliphatic rings. The molecule has 0 unspecified atom stereocenters. The van der Waals surface area contributed by atoms with Gasteiger partial charge in [-0.15, -0.1) is 0 Å². The minimum Gasteiger partial charge on any atom is -0.218 e. The topological polar surface area (TPSA) is 34.1 Å². The highest BCUT2D eigenvalue weighted by Gasteiger charge is 2.26. The molecule has 0 aliphatic carbocycles. The summed E-state index contributed by atoms with van der Waals surface area (Å²) in [6, 6.07) is 12.6. The third-order valence-electron chi connectivity index (χ3n) is 4.59. The largest absolute Gasteiger partial charge is 0.218 e. The zero-order chi connectivity index (χ0) is 24.3. The predicted molar refractivity (Wildman–Crippen MR) is 136 cm³/mol. The number of rotatable bonds is 3. The fourth-order valence-corrected chi connectivity index (χ4v) is 4.64. The molecular formula is C29H34O2S. The van der Waals surface area contributed by atoms with E-state index in [1.54, 1.807) is 30.3 Å². The fourth-order valence-electron chi connectivity index (χ4n) is 3.28. The van der Waals surface area contributed by atoms with Crippen LogP contribution in [0.3, 0.4) is 0 Å². The summed E-state index contributed by atoms with van der Waals surface area (Å²) < 4.78 is 27.7. The summed E-state index contributed by atoms with van der Waals surface area (Å²) in [5, 5.41) is 0. The van der Waals surface area contributed by atoms with Crippen LogP contribution in [-0.2, 0) is 9.84 Å². The monoisotopic (exact) mass is 446 g/mol. The number of allylic oxidation sites excluding steroid dienone is 2. The maximum absolute atomic E-state index is 13.8. The summed E-state index contributed by atoms with van der Waals surface area (Å²) in [5.74, 6) is 12.7. The van der Waals surface area contributed by atoms with E-state index >= 15 is 0 Å². The van der Waals surface area contributed by atoms with Crippen LogP contribution in [-0.4, -0.2) is 8.42 Å². The summed E-state index contributed by atoms with van der Waals surface area (Å²) in [7, 11) is -3.88. The molecule has 3 heteroatoms. The first-order chi connectivity index (χ1) is 14.6. The van der Waals surface area contributed by atoms with E-state index in [9.17, 15) is 8.42 Å². The minimum absolute atomic E-state index is 0.0606. The van der Waals surface area contributed by atoms with Gasteiger partial charge in [-0.25, -0.2) is 8.42 Å². The lowest BCUT2D eigenvalue weighted by Crippen LogP contribution is -2.09. The molecule has 0 N–H and O–H groups in total. The zero-order valence-electron chi connectivity index (χ0n) is 20.8. The highest BCUT2D eigenvalue weighted by molar-refractivity contribution is 7.95. The van der Waals surface area contributed by atoms with Crippen LogP contribution in [0.15, 0.2) is 52.3 Å². The van der Waals surface area contributed by atoms with Crippen molar-refractivity contribution in [2.75, 3.05) is 0 Å². The van der Waals surface area contributed by atoms with Crippen LogP contribution < -0.4 is 0 Å². The summed E-state index contributed by atoms with van der Waals surface area (Å²) in [4.78, 5) is 0.279. The van der Waals surface area contributed by atoms with Gasteiger partial charge in [-0.2, -0.15) is 0 Å². The maximum Gasteiger partial charge on any atom is 0.215 e. The first kappa shape index (κ1) is 25.5. The molecule has 168 valence electrons. The van der Waals surface area contributed by atoms with Crippen molar-refractivity contribution in [2.24, 2.45) is 10.8 Å². The Hall–Kier alpha value is -2.75. The molecule has 0 aromatic heterocycles. The predicted octanol–water partition coefficient (Wildman–Crippen LogP) is 6.90. The van der Waals surface area contributed by atoms with E-state index in [4.69, 9.17) is 0 Å². The lowest BCUT2D eigenvalue weighted by atomic mass is 9.91. The average molecular weight is 447 g/mol. The fraction of sp³-hybridized carbons (Fsp3) is 0.379. The molecule has 0 aliphatic heterocycles. The molecule has 0 fully saturated rings. The van der Waals surface area contributed by atoms with Gasteiger partial charge in [0.1, 0.15) is 4.91 Å². The smallest absolute Gasteiger partial charge is 0.215 e. The molecule has 2 rings (SSSR count). The second-order valence-corrected chi connectivity index (χ2v) is 12.2. The summed E-state index contributed by atoms with van der Waals surface area (Å²) in [5.41, 5.74) is 3.74. The Balaban J connectivity index is 3.10. The van der Waals surface area contributed by atoms with Crippen LogP contribution >= 0.6 is 0 Å². The van der Waals surface area contributed by atoms with Crippen molar-refractivity contribution in [2.45, 2.75) is 67.2 Å². The first-order valence-electron chi connectivity index (χ1n) is 10.8. The number of hydrogen-bond acceptors (Lipinski definition) is 2. The van der Waals surface area contributed by atoms with Gasteiger partial charge in [-0.05, 0) is 91.1 Å². The second kappa shape index (κ2) is 9.40. The summed E-state index contributed by atoms with van der Waals surface area (Å²) in [6.07, 6.45) is 0. The van der Waals surface area contributed by atoms with Crippen LogP contribution in [0.2, 0.25) is 0 Å². The normalized spacial score (nSPS) is 12.8. The number of benzene rings is 2. The third kappa shape index (κ3) is 6.62. The standard InChI is InChI=1S/C29H34O2S/c1-21-19-22(2)27(23(3)20-21)25(15-17-28(4,5)6)26(16-18-29(7,8)9)32(30,31)24-13-11-10-12-14-24/h10-14,19-20H,1-9H3/b26-25+. The average Bonchev–Trinajstić information content (AvgIpc) is 2.63. The van der Waals surface area contributed by atoms with Crippen LogP contribution in [0.25, 0.3) is 5.57 Å². The van der Waals surface area contributed by atoms with E-state index in [-0.39, 0.29) is 20.6 Å². The molecule has 0 radical (unpaired) electrons. The Bertz CT molecular complexity index is 1230. The third-order valence-corrected chi connectivity index (χ3v) is 6.33. The van der Waals surface area contributed by atoms with Gasteiger partial charge in [-0.3, -0.25) is 0 Å². The molecular weight excluding hydrogens is 412 g/mol. The molecule has 2 aromatic carbocycles. The maximum atomic E-state index is 13.8. The van der Waals surface area contributed by atoms with Crippen molar-refractivity contribution >= 4 is 15.4 Å². The van der Waals surface area contributed by atoms with Crippen LogP contribution in [0.5, 0.6) is 0 Å². The quantitative estimate of drug-likeness (QED) is 0.481. The second-order valence-electron chi connectivity index (χ2n) is 10.3. The van der Waals surface area contributed by atoms with Crippen LogP contribution in [0.1, 0.15) is 63.8 Å². The van der Waals surface area contributed by atoms with Crippen LogP contribution in [0, 0.1) is 55.3 Å². The molecule has 0 atom stereocenters. The Morgan fingerprint density at radius 2 is 1.22 bits per heavy atom. The molecule has 2 nitrogen and oxygen atoms in total. The lowest BCUT2D eigenvalue weighted by molar-refractivity contribution is 0.570. The van der Waals surface area contributed by atoms with Gasteiger partial charge in [0.25, 0.3) is 0 Å². The molecule has 0 heterocycles. The molecule has 0 spiro atoms. The van der Waals surface area contributed by atoms with Gasteiger partial charge >= 0.3 is 0 Å². The molecule has 32 heavy (non-hydrogen) atoms. The Kier molecular flexibility index (Phi) is 7.49. The van der Waals surface area contributed by atoms with Crippen molar-refractivity contribution < 1.29 is 8.42 Å². The molecule has 0 amide bonds. The number of hydrogen-bond donors (Lipinski definition) is 0. The Morgan fingerprint density at radius 1 is 0.750 bits per heavy atom. The number of sulfone groups is 1. The van der Waals surface area contributed by atoms with Gasteiger partial charge in [0.2, 0.25) is 9.84 Å². The SMILES string of the molecule is Cc1cc(C)c(/C(C#CC(C)(C)C)=C(\C#CC(C)(C)C)S(=O)(=O)c2ccccc2)c(C)c1. The molecule has 2 aromatic rings. The van der Waals surface area contributed by atoms with E-state index < -0.39 is 9.84 Å². The van der Waals surface area contributed by atoms with Crippen molar-refractivity contribution in [3.05, 3.63) is 69.6 Å². The first-order valence-corrected chi connectivity index (χ1v) is 12.3. The van der Waals surface area contributed by atoms with Gasteiger partial charge in [-0.1, -0.05) is 59.6 Å². The highest BCUT2D eigenvalue weighted by Crippen LogP contribution is 2.32. The van der Waals surface area contributed by atoms with Gasteiger partial charge in [0.05, 0.1) is 10.5 Å². The van der Waals surface area contributed by atoms with E-state index in [1.165, 1.54) is 0 Å². The molecule has 0 saturated heterocycles. The van der Waals surface area contributed by atoms with E-state index in [2.05, 4.69) is 35.8 Å². The summed E-state index contributed by atoms with van der Waals surface area (Å²) >= 11 is 0. The van der Waals surface area contributed by atoms with E-state index in [1.807, 2.05) is 62.3 Å². The van der Waals surface area contributed by atoms with Crippen molar-refractivity contribution in [3.63, 3.8) is 0 Å². The van der Waals surface area contributed by atoms with Crippen LogP contribution in [0.4, 0.5) is 0 Å². The van der Waals surface area contributed by atoms with Gasteiger partial charge < -0.3 is 0 Å². The van der Waals surface area contributed by atoms with Crippen molar-refractivity contribution in [1.29, 1.82) is 0 Å². The zero-order valence-corrected chi connectivity index (χ0v) is 21.6. The Labute approximate surface area is 195 Å². The molecule has 0 bridgehead atoms. The molecule has 0 saturated carbocycles. The summed E-state index contributed by atoms with van der Waals surface area (Å²) in [6.45, 7) is 18.0. The van der Waals surface area contributed by atoms with Gasteiger partial charge in [0.15, 0.2) is 0 Å².